The summed E-state index contributed by atoms with van der Waals surface area (Å²) in [6, 6.07) is 0. The highest BCUT2D eigenvalue weighted by molar-refractivity contribution is 6.90. The average molecular weight is 733 g/mol. The molecule has 2 saturated heterocycles. The second kappa shape index (κ2) is 13.8. The molecule has 264 valence electrons. The summed E-state index contributed by atoms with van der Waals surface area (Å²) in [6.07, 6.45) is 6.64. The van der Waals surface area contributed by atoms with Crippen LogP contribution in [0.3, 0.4) is 0 Å². The smallest absolute Gasteiger partial charge is 0.317 e. The molecule has 0 aromatic heterocycles. The lowest BCUT2D eigenvalue weighted by Crippen LogP contribution is -2.58. The Morgan fingerprint density at radius 3 is 0.870 bits per heavy atom. The van der Waals surface area contributed by atoms with Gasteiger partial charge in [0.1, 0.15) is 0 Å². The predicted octanol–water partition coefficient (Wildman–Crippen LogP) is 6.93. The Morgan fingerprint density at radius 1 is 0.435 bits per heavy atom. The Balaban J connectivity index is 0.000000195. The molecule has 10 nitrogen and oxygen atoms in total. The molecule has 6 fully saturated rings. The maximum atomic E-state index is 11.2. The molecule has 0 amide bonds. The van der Waals surface area contributed by atoms with Crippen LogP contribution in [0.25, 0.3) is 0 Å². The number of ether oxygens (including phenoxy) is 2. The quantitative estimate of drug-likeness (QED) is 0.148. The minimum atomic E-state index is -2.26. The second-order valence-corrected chi connectivity index (χ2v) is 37.2. The van der Waals surface area contributed by atoms with Gasteiger partial charge >= 0.3 is 49.6 Å². The normalized spacial score (nSPS) is 33.0. The summed E-state index contributed by atoms with van der Waals surface area (Å²) in [7, 11) is -9.77. The summed E-state index contributed by atoms with van der Waals surface area (Å²) in [5.41, 5.74) is 0. The minimum absolute atomic E-state index is 0. The molecular formula is C31H60O10Si5. The molecule has 6 rings (SSSR count). The largest absolute Gasteiger partial charge is 0.437 e. The van der Waals surface area contributed by atoms with Crippen molar-refractivity contribution in [3.8, 4) is 0 Å². The molecule has 0 radical (unpaired) electrons. The summed E-state index contributed by atoms with van der Waals surface area (Å²) < 4.78 is 34.6. The van der Waals surface area contributed by atoms with Crippen molar-refractivity contribution in [2.24, 2.45) is 47.3 Å². The van der Waals surface area contributed by atoms with Gasteiger partial charge < -0.3 is 25.9 Å². The van der Waals surface area contributed by atoms with Crippen LogP contribution in [0.1, 0.15) is 46.0 Å². The Labute approximate surface area is 282 Å². The van der Waals surface area contributed by atoms with Gasteiger partial charge in [-0.25, -0.2) is 0 Å². The summed E-state index contributed by atoms with van der Waals surface area (Å²) in [6.45, 7) is 25.9. The lowest BCUT2D eigenvalue weighted by molar-refractivity contribution is -0.156. The summed E-state index contributed by atoms with van der Waals surface area (Å²) in [4.78, 5) is 44.9. The van der Waals surface area contributed by atoms with E-state index in [9.17, 15) is 19.2 Å². The first-order valence-corrected chi connectivity index (χ1v) is 32.0. The van der Waals surface area contributed by atoms with E-state index in [1.165, 1.54) is 0 Å². The number of carbonyl (C=O) groups excluding carboxylic acids is 4. The van der Waals surface area contributed by atoms with E-state index >= 15 is 0 Å². The summed E-state index contributed by atoms with van der Waals surface area (Å²) in [5, 5.41) is 0. The van der Waals surface area contributed by atoms with Crippen molar-refractivity contribution in [3.05, 3.63) is 0 Å². The zero-order valence-corrected chi connectivity index (χ0v) is 34.4. The number of esters is 4. The van der Waals surface area contributed by atoms with Gasteiger partial charge in [-0.15, -0.1) is 0 Å². The van der Waals surface area contributed by atoms with Gasteiger partial charge in [0, 0.05) is 0 Å². The van der Waals surface area contributed by atoms with Crippen LogP contribution in [0.15, 0.2) is 0 Å². The lowest BCUT2D eigenvalue weighted by Gasteiger charge is -2.41. The van der Waals surface area contributed by atoms with Crippen LogP contribution in [-0.2, 0) is 45.1 Å². The fourth-order valence-electron chi connectivity index (χ4n) is 9.13. The third-order valence-electron chi connectivity index (χ3n) is 9.41. The van der Waals surface area contributed by atoms with Gasteiger partial charge in [0.2, 0.25) is 0 Å². The molecule has 2 aliphatic heterocycles. The Hall–Kier alpha value is -0.796. The third kappa shape index (κ3) is 9.67. The first-order chi connectivity index (χ1) is 20.4. The van der Waals surface area contributed by atoms with E-state index in [-0.39, 0.29) is 55.0 Å². The molecule has 15 heteroatoms. The van der Waals surface area contributed by atoms with Crippen LogP contribution < -0.4 is 0 Å². The molecule has 0 aromatic carbocycles. The lowest BCUT2D eigenvalue weighted by atomic mass is 9.81. The van der Waals surface area contributed by atoms with E-state index in [4.69, 9.17) is 16.5 Å². The molecule has 0 spiro atoms. The molecule has 2 heterocycles. The number of hydrogen-bond acceptors (Lipinski definition) is 10. The molecule has 0 aromatic rings. The Bertz CT molecular complexity index is 1040. The fraction of sp³-hybridized carbons (Fsp3) is 0.871. The van der Waals surface area contributed by atoms with Gasteiger partial charge in [0.05, 0.1) is 23.7 Å². The molecule has 6 aliphatic rings. The van der Waals surface area contributed by atoms with Crippen molar-refractivity contribution >= 4 is 66.2 Å². The van der Waals surface area contributed by atoms with Crippen molar-refractivity contribution in [1.29, 1.82) is 0 Å². The highest BCUT2D eigenvalue weighted by atomic mass is 28.5. The van der Waals surface area contributed by atoms with E-state index in [2.05, 4.69) is 88.0 Å². The Kier molecular flexibility index (Phi) is 11.9. The van der Waals surface area contributed by atoms with Crippen LogP contribution >= 0.6 is 0 Å². The molecule has 4 bridgehead atoms. The van der Waals surface area contributed by atoms with Crippen molar-refractivity contribution in [2.75, 3.05) is 0 Å². The average Bonchev–Trinajstić information content (AvgIpc) is 3.62. The zero-order valence-electron chi connectivity index (χ0n) is 29.4. The fourth-order valence-corrected chi connectivity index (χ4v) is 32.0. The van der Waals surface area contributed by atoms with Crippen LogP contribution in [0.2, 0.25) is 78.6 Å². The van der Waals surface area contributed by atoms with Crippen LogP contribution in [0.4, 0.5) is 0 Å². The minimum Gasteiger partial charge on any atom is -0.437 e. The topological polar surface area (TPSA) is 124 Å². The molecule has 8 atom stereocenters. The predicted molar refractivity (Wildman–Crippen MR) is 188 cm³/mol. The van der Waals surface area contributed by atoms with Gasteiger partial charge in [-0.2, -0.15) is 0 Å². The number of hydrogen-bond donors (Lipinski definition) is 0. The van der Waals surface area contributed by atoms with Gasteiger partial charge in [0.25, 0.3) is 0 Å². The molecule has 0 N–H and O–H groups in total. The van der Waals surface area contributed by atoms with E-state index < -0.39 is 42.3 Å². The van der Waals surface area contributed by atoms with Gasteiger partial charge in [0.15, 0.2) is 16.6 Å². The standard InChI is InChI=1S/C12H36O4Si5.2C9H10O3.CH4/c1-17(2,3)13-19(7,8)15-21(11,12)16-20(9,10)14-18(4,5)6;2*10-8-6-4-1-2-5(3-4)7(6)9(11)12-8;/h1-12H3;2*4-7H,1-3H2;1H4. The highest BCUT2D eigenvalue weighted by Gasteiger charge is 2.60. The van der Waals surface area contributed by atoms with Crippen LogP contribution in [-0.4, -0.2) is 66.2 Å². The molecule has 4 aliphatic carbocycles. The first kappa shape index (κ1) is 39.6. The van der Waals surface area contributed by atoms with Crippen molar-refractivity contribution in [2.45, 2.75) is 125 Å². The van der Waals surface area contributed by atoms with Gasteiger partial charge in [-0.1, -0.05) is 7.43 Å². The monoisotopic (exact) mass is 732 g/mol. The number of rotatable bonds is 8. The van der Waals surface area contributed by atoms with E-state index in [1.54, 1.807) is 0 Å². The summed E-state index contributed by atoms with van der Waals surface area (Å²) in [5.74, 6) is 0.583. The van der Waals surface area contributed by atoms with Crippen LogP contribution in [0, 0.1) is 47.3 Å². The molecule has 46 heavy (non-hydrogen) atoms. The highest BCUT2D eigenvalue weighted by Crippen LogP contribution is 2.56. The second-order valence-electron chi connectivity index (χ2n) is 17.1. The van der Waals surface area contributed by atoms with Crippen molar-refractivity contribution in [1.82, 2.24) is 0 Å². The maximum Gasteiger partial charge on any atom is 0.317 e. The number of fused-ring (bicyclic) bond motifs is 10. The zero-order chi connectivity index (χ0) is 33.9. The maximum absolute atomic E-state index is 11.2. The van der Waals surface area contributed by atoms with Crippen molar-refractivity contribution in [3.63, 3.8) is 0 Å². The number of cyclic esters (lactones) is 4. The third-order valence-corrected chi connectivity index (χ3v) is 26.1. The molecule has 4 saturated carbocycles. The first-order valence-electron chi connectivity index (χ1n) is 16.7. The Morgan fingerprint density at radius 2 is 0.652 bits per heavy atom. The van der Waals surface area contributed by atoms with E-state index in [0.717, 1.165) is 38.5 Å². The van der Waals surface area contributed by atoms with Crippen LogP contribution in [0.5, 0.6) is 0 Å². The summed E-state index contributed by atoms with van der Waals surface area (Å²) >= 11 is 0. The SMILES string of the molecule is C.C[Si](C)(C)O[Si](C)(C)O[Si](C)(C)O[Si](C)(C)O[Si](C)(C)C.O=C1OC(=O)C2C3CCC(C3)C12.O=C1OC(=O)C2C3CCC(C3)C12. The van der Waals surface area contributed by atoms with Gasteiger partial charge in [-0.3, -0.25) is 19.2 Å². The van der Waals surface area contributed by atoms with E-state index in [0.29, 0.717) is 23.7 Å². The van der Waals surface area contributed by atoms with Gasteiger partial charge in [-0.05, 0) is 141 Å². The molecule has 8 unspecified atom stereocenters. The number of carbonyl (C=O) groups is 4. The van der Waals surface area contributed by atoms with E-state index in [1.807, 2.05) is 0 Å². The molecular weight excluding hydrogens is 673 g/mol. The van der Waals surface area contributed by atoms with Crippen molar-refractivity contribution < 1.29 is 45.1 Å².